The Morgan fingerprint density at radius 3 is 2.75 bits per heavy atom. The maximum Gasteiger partial charge on any atom is 0.253 e. The normalized spacial score (nSPS) is 23.9. The average molecular weight is 393 g/mol. The second kappa shape index (κ2) is 10.9. The predicted molar refractivity (Wildman–Crippen MR) is 101 cm³/mol. The van der Waals surface area contributed by atoms with Crippen molar-refractivity contribution in [1.29, 1.82) is 0 Å². The zero-order valence-corrected chi connectivity index (χ0v) is 15.6. The van der Waals surface area contributed by atoms with Gasteiger partial charge in [-0.1, -0.05) is 18.3 Å². The van der Waals surface area contributed by atoms with E-state index >= 15 is 0 Å². The van der Waals surface area contributed by atoms with Gasteiger partial charge < -0.3 is 36.1 Å². The lowest BCUT2D eigenvalue weighted by Gasteiger charge is -2.14. The van der Waals surface area contributed by atoms with Crippen LogP contribution >= 0.6 is 0 Å². The lowest BCUT2D eigenvalue weighted by molar-refractivity contribution is -0.120. The minimum atomic E-state index is -1.33. The smallest absolute Gasteiger partial charge is 0.253 e. The van der Waals surface area contributed by atoms with Gasteiger partial charge in [0.25, 0.3) is 5.56 Å². The van der Waals surface area contributed by atoms with Gasteiger partial charge in [-0.25, -0.2) is 0 Å². The average Bonchev–Trinajstić information content (AvgIpc) is 2.98. The van der Waals surface area contributed by atoms with E-state index in [2.05, 4.69) is 22.1 Å². The van der Waals surface area contributed by atoms with E-state index in [0.29, 0.717) is 18.5 Å². The first-order valence-electron chi connectivity index (χ1n) is 9.28. The highest BCUT2D eigenvalue weighted by Crippen LogP contribution is 2.31. The van der Waals surface area contributed by atoms with Crippen molar-refractivity contribution in [2.45, 2.75) is 50.1 Å². The third kappa shape index (κ3) is 5.89. The van der Waals surface area contributed by atoms with Gasteiger partial charge in [-0.2, -0.15) is 0 Å². The van der Waals surface area contributed by atoms with Gasteiger partial charge in [0.15, 0.2) is 0 Å². The number of carbonyl (C=O) groups is 1. The number of amides is 1. The number of ether oxygens (including phenoxy) is 1. The minimum Gasteiger partial charge on any atom is -0.394 e. The molecule has 1 amide bonds. The van der Waals surface area contributed by atoms with E-state index in [1.54, 1.807) is 0 Å². The molecule has 7 N–H and O–H groups in total. The van der Waals surface area contributed by atoms with Gasteiger partial charge in [0, 0.05) is 23.7 Å². The van der Waals surface area contributed by atoms with Crippen molar-refractivity contribution in [1.82, 2.24) is 10.3 Å². The van der Waals surface area contributed by atoms with E-state index < -0.39 is 36.6 Å². The van der Waals surface area contributed by atoms with Crippen molar-refractivity contribution in [3.63, 3.8) is 0 Å². The number of nitrogens with one attached hydrogen (secondary N) is 2. The lowest BCUT2D eigenvalue weighted by Crippen LogP contribution is -2.33. The van der Waals surface area contributed by atoms with Crippen molar-refractivity contribution in [3.8, 4) is 11.8 Å². The summed E-state index contributed by atoms with van der Waals surface area (Å²) in [5, 5.41) is 31.8. The highest BCUT2D eigenvalue weighted by Gasteiger charge is 2.44. The van der Waals surface area contributed by atoms with E-state index in [0.717, 1.165) is 19.3 Å². The number of pyridine rings is 1. The molecule has 1 saturated heterocycles. The molecule has 1 fully saturated rings. The highest BCUT2D eigenvalue weighted by molar-refractivity contribution is 5.76. The van der Waals surface area contributed by atoms with Crippen molar-refractivity contribution >= 4 is 5.91 Å². The molecule has 0 bridgehead atoms. The summed E-state index contributed by atoms with van der Waals surface area (Å²) in [5.41, 5.74) is 5.49. The molecule has 0 aliphatic carbocycles. The molecule has 0 saturated carbocycles. The molecular formula is C19H27N3O6. The van der Waals surface area contributed by atoms with Gasteiger partial charge in [-0.05, 0) is 25.5 Å². The first-order chi connectivity index (χ1) is 13.5. The van der Waals surface area contributed by atoms with Crippen LogP contribution in [0.25, 0.3) is 0 Å². The molecule has 0 aromatic carbocycles. The van der Waals surface area contributed by atoms with Crippen LogP contribution in [-0.2, 0) is 9.53 Å². The van der Waals surface area contributed by atoms with Gasteiger partial charge in [0.1, 0.15) is 24.4 Å². The lowest BCUT2D eigenvalue weighted by atomic mass is 10.0. The topological polar surface area (TPSA) is 158 Å². The molecule has 9 nitrogen and oxygen atoms in total. The van der Waals surface area contributed by atoms with Gasteiger partial charge >= 0.3 is 0 Å². The zero-order valence-electron chi connectivity index (χ0n) is 15.6. The van der Waals surface area contributed by atoms with Crippen LogP contribution in [0.2, 0.25) is 0 Å². The third-order valence-corrected chi connectivity index (χ3v) is 4.50. The van der Waals surface area contributed by atoms with Crippen molar-refractivity contribution in [2.75, 3.05) is 19.7 Å². The maximum absolute atomic E-state index is 12.1. The standard InChI is InChI=1S/C19H27N3O6/c20-7-3-1-2-6-15(24)21-8-4-5-12-9-13(19(27)22-10-12)18-17(26)16(25)14(11-23)28-18/h9-10,14,16-18,23,25-26H,1-3,6-8,11,20H2,(H,21,24)(H,22,27)/t14-,16-,17-,18+/m1/s1. The number of hydrogen-bond donors (Lipinski definition) is 6. The largest absolute Gasteiger partial charge is 0.394 e. The van der Waals surface area contributed by atoms with E-state index in [1.807, 2.05) is 0 Å². The number of aromatic nitrogens is 1. The molecular weight excluding hydrogens is 366 g/mol. The Hall–Kier alpha value is -2.22. The van der Waals surface area contributed by atoms with Crippen molar-refractivity contribution in [2.24, 2.45) is 5.73 Å². The van der Waals surface area contributed by atoms with E-state index in [1.165, 1.54) is 12.3 Å². The molecule has 0 spiro atoms. The Bertz CT molecular complexity index is 769. The van der Waals surface area contributed by atoms with Crippen LogP contribution in [-0.4, -0.2) is 64.2 Å². The predicted octanol–water partition coefficient (Wildman–Crippen LogP) is -1.48. The van der Waals surface area contributed by atoms with Crippen LogP contribution in [0.15, 0.2) is 17.1 Å². The molecule has 2 rings (SSSR count). The minimum absolute atomic E-state index is 0.0833. The highest BCUT2D eigenvalue weighted by atomic mass is 16.6. The number of H-pyrrole nitrogens is 1. The number of aliphatic hydroxyl groups is 3. The summed E-state index contributed by atoms with van der Waals surface area (Å²) in [5.74, 6) is 5.53. The van der Waals surface area contributed by atoms with Crippen molar-refractivity contribution < 1.29 is 24.9 Å². The quantitative estimate of drug-likeness (QED) is 0.232. The van der Waals surface area contributed by atoms with Gasteiger partial charge in [-0.3, -0.25) is 9.59 Å². The van der Waals surface area contributed by atoms with E-state index in [-0.39, 0.29) is 18.0 Å². The Balaban J connectivity index is 1.95. The Kier molecular flexibility index (Phi) is 8.63. The molecule has 154 valence electrons. The fourth-order valence-corrected chi connectivity index (χ4v) is 2.93. The molecule has 0 radical (unpaired) electrons. The summed E-state index contributed by atoms with van der Waals surface area (Å²) in [6, 6.07) is 1.46. The molecule has 4 atom stereocenters. The fraction of sp³-hybridized carbons (Fsp3) is 0.579. The van der Waals surface area contributed by atoms with Crippen LogP contribution < -0.4 is 16.6 Å². The fourth-order valence-electron chi connectivity index (χ4n) is 2.93. The van der Waals surface area contributed by atoms with Gasteiger partial charge in [0.05, 0.1) is 13.2 Å². The number of rotatable bonds is 8. The molecule has 2 heterocycles. The summed E-state index contributed by atoms with van der Waals surface area (Å²) >= 11 is 0. The Labute approximate surface area is 162 Å². The number of nitrogens with two attached hydrogens (primary N) is 1. The molecule has 0 unspecified atom stereocenters. The van der Waals surface area contributed by atoms with E-state index in [9.17, 15) is 19.8 Å². The Morgan fingerprint density at radius 2 is 2.07 bits per heavy atom. The van der Waals surface area contributed by atoms with Crippen LogP contribution in [0.4, 0.5) is 0 Å². The summed E-state index contributed by atoms with van der Waals surface area (Å²) in [4.78, 5) is 26.3. The van der Waals surface area contributed by atoms with E-state index in [4.69, 9.17) is 15.6 Å². The van der Waals surface area contributed by atoms with Gasteiger partial charge in [-0.15, -0.1) is 0 Å². The molecule has 28 heavy (non-hydrogen) atoms. The molecule has 9 heteroatoms. The van der Waals surface area contributed by atoms with Crippen molar-refractivity contribution in [3.05, 3.63) is 33.7 Å². The molecule has 1 aliphatic heterocycles. The number of aromatic amines is 1. The molecule has 1 aliphatic rings. The third-order valence-electron chi connectivity index (χ3n) is 4.50. The number of hydrogen-bond acceptors (Lipinski definition) is 7. The van der Waals surface area contributed by atoms with Crippen LogP contribution in [0.5, 0.6) is 0 Å². The molecule has 1 aromatic rings. The first kappa shape index (κ1) is 22.1. The van der Waals surface area contributed by atoms with Crippen LogP contribution in [0, 0.1) is 11.8 Å². The maximum atomic E-state index is 12.1. The second-order valence-electron chi connectivity index (χ2n) is 6.61. The SMILES string of the molecule is NCCCCCC(=O)NCC#Cc1c[nH]c(=O)c([C@@H]2O[C@H](CO)[C@@H](O)[C@H]2O)c1. The number of carbonyl (C=O) groups excluding carboxylic acids is 1. The zero-order chi connectivity index (χ0) is 20.5. The summed E-state index contributed by atoms with van der Waals surface area (Å²) in [6.45, 7) is 0.312. The number of aliphatic hydroxyl groups excluding tert-OH is 3. The summed E-state index contributed by atoms with van der Waals surface area (Å²) in [7, 11) is 0. The summed E-state index contributed by atoms with van der Waals surface area (Å²) < 4.78 is 5.39. The number of unbranched alkanes of at least 4 members (excludes halogenated alkanes) is 2. The second-order valence-corrected chi connectivity index (χ2v) is 6.61. The monoisotopic (exact) mass is 393 g/mol. The molecule has 1 aromatic heterocycles. The van der Waals surface area contributed by atoms with Crippen LogP contribution in [0.3, 0.4) is 0 Å². The van der Waals surface area contributed by atoms with Crippen LogP contribution in [0.1, 0.15) is 42.9 Å². The summed E-state index contributed by atoms with van der Waals surface area (Å²) in [6.07, 6.45) is -0.216. The Morgan fingerprint density at radius 1 is 1.29 bits per heavy atom. The first-order valence-corrected chi connectivity index (χ1v) is 9.28. The van der Waals surface area contributed by atoms with Gasteiger partial charge in [0.2, 0.25) is 5.91 Å².